The normalized spacial score (nSPS) is 11.1. The van der Waals surface area contributed by atoms with Crippen molar-refractivity contribution in [2.45, 2.75) is 26.4 Å². The third-order valence-corrected chi connectivity index (χ3v) is 2.42. The predicted octanol–water partition coefficient (Wildman–Crippen LogP) is 3.06. The van der Waals surface area contributed by atoms with Gasteiger partial charge in [0.15, 0.2) is 17.5 Å². The molecule has 1 aromatic rings. The maximum absolute atomic E-state index is 11.4. The minimum absolute atomic E-state index is 0.181. The van der Waals surface area contributed by atoms with E-state index in [1.165, 1.54) is 0 Å². The van der Waals surface area contributed by atoms with E-state index in [0.717, 1.165) is 3.70 Å². The van der Waals surface area contributed by atoms with E-state index in [2.05, 4.69) is 4.98 Å². The van der Waals surface area contributed by atoms with E-state index in [4.69, 9.17) is 21.1 Å². The van der Waals surface area contributed by atoms with Crippen molar-refractivity contribution in [1.82, 2.24) is 4.98 Å². The zero-order valence-corrected chi connectivity index (χ0v) is 12.7. The standard InChI is InChI=1S/C11H13ClINO3/c1-11(2,3)17-9(15)6-16-7-4-5-8(13)14-10(7)12/h4-5H,6H2,1-3H3. The Labute approximate surface area is 119 Å². The molecule has 0 saturated heterocycles. The first-order chi connectivity index (χ1) is 7.78. The van der Waals surface area contributed by atoms with Gasteiger partial charge in [-0.05, 0) is 55.5 Å². The van der Waals surface area contributed by atoms with Gasteiger partial charge in [-0.15, -0.1) is 0 Å². The van der Waals surface area contributed by atoms with Gasteiger partial charge in [0.2, 0.25) is 0 Å². The monoisotopic (exact) mass is 369 g/mol. The molecule has 0 fully saturated rings. The van der Waals surface area contributed by atoms with Gasteiger partial charge in [-0.2, -0.15) is 0 Å². The molecule has 94 valence electrons. The van der Waals surface area contributed by atoms with Crippen LogP contribution >= 0.6 is 34.2 Å². The van der Waals surface area contributed by atoms with Crippen LogP contribution in [0.1, 0.15) is 20.8 Å². The van der Waals surface area contributed by atoms with Crippen LogP contribution in [0.4, 0.5) is 0 Å². The molecule has 4 nitrogen and oxygen atoms in total. The first-order valence-corrected chi connectivity index (χ1v) is 6.40. The molecule has 1 heterocycles. The van der Waals surface area contributed by atoms with E-state index in [9.17, 15) is 4.79 Å². The van der Waals surface area contributed by atoms with E-state index < -0.39 is 11.6 Å². The lowest BCUT2D eigenvalue weighted by Crippen LogP contribution is -2.27. The van der Waals surface area contributed by atoms with Crippen LogP contribution in [-0.2, 0) is 9.53 Å². The summed E-state index contributed by atoms with van der Waals surface area (Å²) in [6.45, 7) is 5.21. The highest BCUT2D eigenvalue weighted by Crippen LogP contribution is 2.22. The van der Waals surface area contributed by atoms with Gasteiger partial charge < -0.3 is 9.47 Å². The summed E-state index contributed by atoms with van der Waals surface area (Å²) in [5.41, 5.74) is -0.519. The summed E-state index contributed by atoms with van der Waals surface area (Å²) < 4.78 is 11.1. The van der Waals surface area contributed by atoms with Gasteiger partial charge in [0.1, 0.15) is 9.30 Å². The molecule has 17 heavy (non-hydrogen) atoms. The van der Waals surface area contributed by atoms with Gasteiger partial charge in [0.05, 0.1) is 0 Å². The highest BCUT2D eigenvalue weighted by Gasteiger charge is 2.17. The Hall–Kier alpha value is -0.560. The Kier molecular flexibility index (Phi) is 5.00. The molecule has 0 radical (unpaired) electrons. The molecular formula is C11H13ClINO3. The molecule has 0 aliphatic rings. The number of esters is 1. The van der Waals surface area contributed by atoms with Gasteiger partial charge in [-0.3, -0.25) is 0 Å². The molecule has 0 bridgehead atoms. The molecule has 0 aliphatic carbocycles. The zero-order chi connectivity index (χ0) is 13.1. The molecule has 0 saturated carbocycles. The molecule has 0 aliphatic heterocycles. The largest absolute Gasteiger partial charge is 0.479 e. The van der Waals surface area contributed by atoms with Crippen LogP contribution in [0, 0.1) is 3.70 Å². The summed E-state index contributed by atoms with van der Waals surface area (Å²) >= 11 is 7.89. The van der Waals surface area contributed by atoms with Gasteiger partial charge in [0, 0.05) is 0 Å². The number of hydrogen-bond donors (Lipinski definition) is 0. The van der Waals surface area contributed by atoms with Gasteiger partial charge in [0.25, 0.3) is 0 Å². The van der Waals surface area contributed by atoms with E-state index >= 15 is 0 Å². The molecule has 0 spiro atoms. The highest BCUT2D eigenvalue weighted by atomic mass is 127. The quantitative estimate of drug-likeness (QED) is 0.467. The van der Waals surface area contributed by atoms with Crippen molar-refractivity contribution in [3.63, 3.8) is 0 Å². The summed E-state index contributed by atoms with van der Waals surface area (Å²) in [7, 11) is 0. The second-order valence-electron chi connectivity index (χ2n) is 4.30. The van der Waals surface area contributed by atoms with Crippen LogP contribution < -0.4 is 4.74 Å². The molecule has 0 atom stereocenters. The maximum atomic E-state index is 11.4. The van der Waals surface area contributed by atoms with Gasteiger partial charge >= 0.3 is 5.97 Å². The predicted molar refractivity (Wildman–Crippen MR) is 73.3 cm³/mol. The Morgan fingerprint density at radius 2 is 2.12 bits per heavy atom. The van der Waals surface area contributed by atoms with Crippen LogP contribution in [0.15, 0.2) is 12.1 Å². The fraction of sp³-hybridized carbons (Fsp3) is 0.455. The average molecular weight is 370 g/mol. The van der Waals surface area contributed by atoms with Crippen molar-refractivity contribution < 1.29 is 14.3 Å². The third-order valence-electron chi connectivity index (χ3n) is 1.55. The number of carbonyl (C=O) groups is 1. The number of rotatable bonds is 3. The first-order valence-electron chi connectivity index (χ1n) is 4.94. The van der Waals surface area contributed by atoms with Gasteiger partial charge in [-0.25, -0.2) is 9.78 Å². The van der Waals surface area contributed by atoms with Crippen molar-refractivity contribution in [1.29, 1.82) is 0 Å². The molecule has 6 heteroatoms. The Morgan fingerprint density at radius 1 is 1.47 bits per heavy atom. The van der Waals surface area contributed by atoms with Crippen molar-refractivity contribution in [2.75, 3.05) is 6.61 Å². The number of carbonyl (C=O) groups excluding carboxylic acids is 1. The fourth-order valence-corrected chi connectivity index (χ4v) is 1.79. The van der Waals surface area contributed by atoms with Crippen molar-refractivity contribution in [2.24, 2.45) is 0 Å². The fourth-order valence-electron chi connectivity index (χ4n) is 1.01. The minimum atomic E-state index is -0.519. The van der Waals surface area contributed by atoms with Crippen LogP contribution in [0.25, 0.3) is 0 Å². The minimum Gasteiger partial charge on any atom is -0.479 e. The molecule has 0 N–H and O–H groups in total. The van der Waals surface area contributed by atoms with E-state index in [1.54, 1.807) is 32.9 Å². The maximum Gasteiger partial charge on any atom is 0.344 e. The molecule has 0 aromatic carbocycles. The highest BCUT2D eigenvalue weighted by molar-refractivity contribution is 14.1. The van der Waals surface area contributed by atoms with Crippen LogP contribution in [0.5, 0.6) is 5.75 Å². The summed E-state index contributed by atoms with van der Waals surface area (Å²) in [6, 6.07) is 3.42. The van der Waals surface area contributed by atoms with Gasteiger partial charge in [-0.1, -0.05) is 11.6 Å². The summed E-state index contributed by atoms with van der Waals surface area (Å²) in [4.78, 5) is 15.4. The zero-order valence-electron chi connectivity index (χ0n) is 9.79. The summed E-state index contributed by atoms with van der Waals surface area (Å²) in [5, 5.41) is 0.237. The van der Waals surface area contributed by atoms with Crippen molar-refractivity contribution >= 4 is 40.2 Å². The molecule has 1 aromatic heterocycles. The van der Waals surface area contributed by atoms with E-state index in [0.29, 0.717) is 5.75 Å². The Balaban J connectivity index is 2.53. The van der Waals surface area contributed by atoms with Crippen molar-refractivity contribution in [3.05, 3.63) is 21.0 Å². The number of aromatic nitrogens is 1. The van der Waals surface area contributed by atoms with E-state index in [1.807, 2.05) is 22.6 Å². The Morgan fingerprint density at radius 3 is 2.65 bits per heavy atom. The SMILES string of the molecule is CC(C)(C)OC(=O)COc1ccc(I)nc1Cl. The summed E-state index contributed by atoms with van der Waals surface area (Å²) in [6.07, 6.45) is 0. The number of pyridine rings is 1. The lowest BCUT2D eigenvalue weighted by Gasteiger charge is -2.19. The third kappa shape index (κ3) is 5.54. The molecule has 0 unspecified atom stereocenters. The van der Waals surface area contributed by atoms with E-state index in [-0.39, 0.29) is 11.8 Å². The second kappa shape index (κ2) is 5.86. The number of hydrogen-bond acceptors (Lipinski definition) is 4. The number of halogens is 2. The number of ether oxygens (including phenoxy) is 2. The van der Waals surface area contributed by atoms with Crippen molar-refractivity contribution in [3.8, 4) is 5.75 Å². The average Bonchev–Trinajstić information content (AvgIpc) is 2.13. The molecule has 1 rings (SSSR count). The second-order valence-corrected chi connectivity index (χ2v) is 5.76. The smallest absolute Gasteiger partial charge is 0.344 e. The van der Waals surface area contributed by atoms with Crippen LogP contribution in [0.3, 0.4) is 0 Å². The first kappa shape index (κ1) is 14.5. The molecule has 0 amide bonds. The Bertz CT molecular complexity index is 418. The molecular weight excluding hydrogens is 356 g/mol. The number of nitrogens with zero attached hydrogens (tertiary/aromatic N) is 1. The lowest BCUT2D eigenvalue weighted by molar-refractivity contribution is -0.157. The topological polar surface area (TPSA) is 48.4 Å². The van der Waals surface area contributed by atoms with Crippen LogP contribution in [-0.4, -0.2) is 23.2 Å². The van der Waals surface area contributed by atoms with Crippen LogP contribution in [0.2, 0.25) is 5.15 Å². The lowest BCUT2D eigenvalue weighted by atomic mass is 10.2. The summed E-state index contributed by atoms with van der Waals surface area (Å²) in [5.74, 6) is -0.0648.